The summed E-state index contributed by atoms with van der Waals surface area (Å²) in [5.74, 6) is 0.351. The van der Waals surface area contributed by atoms with Gasteiger partial charge in [-0.25, -0.2) is 4.79 Å². The van der Waals surface area contributed by atoms with Crippen LogP contribution < -0.4 is 10.6 Å². The van der Waals surface area contributed by atoms with Gasteiger partial charge in [0.15, 0.2) is 0 Å². The second kappa shape index (κ2) is 16.2. The highest BCUT2D eigenvalue weighted by molar-refractivity contribution is 6.30. The lowest BCUT2D eigenvalue weighted by Crippen LogP contribution is -2.60. The van der Waals surface area contributed by atoms with E-state index in [1.54, 1.807) is 11.8 Å². The highest BCUT2D eigenvalue weighted by Crippen LogP contribution is 2.31. The van der Waals surface area contributed by atoms with E-state index in [0.717, 1.165) is 50.5 Å². The van der Waals surface area contributed by atoms with E-state index >= 15 is 0 Å². The van der Waals surface area contributed by atoms with Crippen molar-refractivity contribution in [3.8, 4) is 0 Å². The van der Waals surface area contributed by atoms with Crippen molar-refractivity contribution in [1.29, 1.82) is 0 Å². The van der Waals surface area contributed by atoms with E-state index < -0.39 is 0 Å². The minimum atomic E-state index is -0.333. The number of hydrogen-bond donors (Lipinski definition) is 2. The Hall–Kier alpha value is -2.03. The van der Waals surface area contributed by atoms with Crippen molar-refractivity contribution in [1.82, 2.24) is 25.3 Å². The van der Waals surface area contributed by atoms with Gasteiger partial charge in [0.1, 0.15) is 0 Å². The Morgan fingerprint density at radius 2 is 1.57 bits per heavy atom. The predicted octanol–water partition coefficient (Wildman–Crippen LogP) is 5.26. The predicted molar refractivity (Wildman–Crippen MR) is 171 cm³/mol. The third-order valence-corrected chi connectivity index (χ3v) is 9.58. The van der Waals surface area contributed by atoms with Crippen LogP contribution in [0.15, 0.2) is 24.3 Å². The number of rotatable bonds is 8. The maximum absolute atomic E-state index is 14.1. The molecule has 8 nitrogen and oxygen atoms in total. The van der Waals surface area contributed by atoms with Gasteiger partial charge in [-0.1, -0.05) is 49.9 Å². The Morgan fingerprint density at radius 3 is 2.14 bits per heavy atom. The van der Waals surface area contributed by atoms with Crippen molar-refractivity contribution < 1.29 is 14.4 Å². The van der Waals surface area contributed by atoms with Gasteiger partial charge >= 0.3 is 6.03 Å². The molecular weight excluding hydrogens is 573 g/mol. The number of carbonyl (C=O) groups is 3. The highest BCUT2D eigenvalue weighted by Gasteiger charge is 2.40. The van der Waals surface area contributed by atoms with Crippen LogP contribution in [0.5, 0.6) is 0 Å². The molecule has 1 aromatic carbocycles. The topological polar surface area (TPSA) is 85.0 Å². The molecule has 3 aliphatic rings. The summed E-state index contributed by atoms with van der Waals surface area (Å²) in [4.78, 5) is 44.9. The second-order valence-electron chi connectivity index (χ2n) is 12.8. The molecule has 3 fully saturated rings. The van der Waals surface area contributed by atoms with Crippen LogP contribution in [0.1, 0.15) is 83.6 Å². The average Bonchev–Trinajstić information content (AvgIpc) is 2.95. The van der Waals surface area contributed by atoms with Gasteiger partial charge in [-0.15, -0.1) is 12.4 Å². The summed E-state index contributed by atoms with van der Waals surface area (Å²) in [6.45, 7) is 5.08. The minimum absolute atomic E-state index is 0. The molecule has 2 aliphatic carbocycles. The Kier molecular flexibility index (Phi) is 13.3. The van der Waals surface area contributed by atoms with Gasteiger partial charge in [0.05, 0.1) is 6.04 Å². The first-order valence-electron chi connectivity index (χ1n) is 15.7. The average molecular weight is 625 g/mol. The number of nitrogens with one attached hydrogen (secondary N) is 2. The quantitative estimate of drug-likeness (QED) is 0.413. The normalized spacial score (nSPS) is 25.6. The number of halogens is 2. The molecule has 236 valence electrons. The first-order valence-corrected chi connectivity index (χ1v) is 16.1. The summed E-state index contributed by atoms with van der Waals surface area (Å²) in [5.41, 5.74) is 1.08. The first kappa shape index (κ1) is 34.5. The molecule has 3 atom stereocenters. The van der Waals surface area contributed by atoms with Crippen molar-refractivity contribution in [2.24, 2.45) is 5.92 Å². The van der Waals surface area contributed by atoms with Crippen LogP contribution >= 0.6 is 24.0 Å². The van der Waals surface area contributed by atoms with Crippen molar-refractivity contribution in [2.45, 2.75) is 115 Å². The van der Waals surface area contributed by atoms with Gasteiger partial charge in [-0.2, -0.15) is 0 Å². The zero-order valence-corrected chi connectivity index (χ0v) is 27.4. The molecule has 4 rings (SSSR count). The molecule has 0 bridgehead atoms. The molecule has 1 heterocycles. The molecular formula is C32H51Cl2N5O3. The number of carbonyl (C=O) groups excluding carboxylic acids is 3. The van der Waals surface area contributed by atoms with Gasteiger partial charge in [0, 0.05) is 63.3 Å². The number of amides is 4. The maximum Gasteiger partial charge on any atom is 0.319 e. The van der Waals surface area contributed by atoms with E-state index in [4.69, 9.17) is 11.6 Å². The van der Waals surface area contributed by atoms with E-state index in [2.05, 4.69) is 22.5 Å². The maximum atomic E-state index is 14.1. The van der Waals surface area contributed by atoms with Crippen LogP contribution in [0.3, 0.4) is 0 Å². The molecule has 2 N–H and O–H groups in total. The molecule has 4 amide bonds. The van der Waals surface area contributed by atoms with Crippen LogP contribution in [-0.4, -0.2) is 89.9 Å². The Morgan fingerprint density at radius 1 is 0.952 bits per heavy atom. The lowest BCUT2D eigenvalue weighted by molar-refractivity contribution is -0.136. The van der Waals surface area contributed by atoms with Crippen molar-refractivity contribution in [3.63, 3.8) is 0 Å². The first-order chi connectivity index (χ1) is 19.6. The largest absolute Gasteiger partial charge is 0.354 e. The van der Waals surface area contributed by atoms with E-state index in [-0.39, 0.29) is 60.3 Å². The Labute approximate surface area is 263 Å². The molecule has 1 saturated heterocycles. The lowest BCUT2D eigenvalue weighted by atomic mass is 9.87. The van der Waals surface area contributed by atoms with Crippen LogP contribution in [0.2, 0.25) is 5.02 Å². The zero-order chi connectivity index (χ0) is 29.5. The van der Waals surface area contributed by atoms with E-state index in [1.165, 1.54) is 19.3 Å². The number of urea groups is 1. The van der Waals surface area contributed by atoms with Gasteiger partial charge < -0.3 is 25.3 Å². The molecule has 10 heteroatoms. The van der Waals surface area contributed by atoms with Gasteiger partial charge in [0.25, 0.3) is 0 Å². The number of nitrogens with zero attached hydrogens (tertiary/aromatic N) is 3. The number of piperidine rings is 1. The smallest absolute Gasteiger partial charge is 0.319 e. The van der Waals surface area contributed by atoms with Gasteiger partial charge in [0.2, 0.25) is 11.8 Å². The molecule has 0 aromatic heterocycles. The third-order valence-electron chi connectivity index (χ3n) is 9.32. The fraction of sp³-hybridized carbons (Fsp3) is 0.719. The monoisotopic (exact) mass is 623 g/mol. The van der Waals surface area contributed by atoms with E-state index in [9.17, 15) is 14.4 Å². The number of likely N-dealkylation sites (tertiary alicyclic amines) is 1. The summed E-state index contributed by atoms with van der Waals surface area (Å²) >= 11 is 6.14. The van der Waals surface area contributed by atoms with Crippen LogP contribution in [-0.2, 0) is 16.0 Å². The Bertz CT molecular complexity index is 1030. The van der Waals surface area contributed by atoms with Crippen molar-refractivity contribution in [3.05, 3.63) is 34.9 Å². The standard InChI is InChI=1S/C32H50ClN5O3.ClH/c1-22-21-37(19-18-30(22)38(32(41)36(3)4)28-8-6-5-7-9-28)31(40)29(20-24-10-12-25(33)13-11-24)35-27-16-14-26(15-17-27)34-23(2)39;/h10-13,22,26-30,35H,5-9,14-21H2,1-4H3,(H,34,39);1H/t22-,26?,27?,29+,30-;/m0./s1. The molecule has 1 aliphatic heterocycles. The number of hydrogen-bond acceptors (Lipinski definition) is 4. The molecule has 42 heavy (non-hydrogen) atoms. The lowest BCUT2D eigenvalue weighted by Gasteiger charge is -2.48. The molecule has 0 spiro atoms. The van der Waals surface area contributed by atoms with Gasteiger partial charge in [-0.05, 0) is 75.0 Å². The SMILES string of the molecule is CC(=O)NC1CCC(N[C@H](Cc2ccc(Cl)cc2)C(=O)N2CC[C@H](N(C(=O)N(C)C)C3CCCCC3)[C@@H](C)C2)CC1.Cl. The summed E-state index contributed by atoms with van der Waals surface area (Å²) in [5, 5.41) is 7.45. The van der Waals surface area contributed by atoms with Gasteiger partial charge in [-0.3, -0.25) is 9.59 Å². The fourth-order valence-corrected chi connectivity index (χ4v) is 7.30. The van der Waals surface area contributed by atoms with Crippen molar-refractivity contribution >= 4 is 41.9 Å². The van der Waals surface area contributed by atoms with Crippen LogP contribution in [0.4, 0.5) is 4.79 Å². The zero-order valence-electron chi connectivity index (χ0n) is 25.8. The number of benzene rings is 1. The fourth-order valence-electron chi connectivity index (χ4n) is 7.18. The summed E-state index contributed by atoms with van der Waals surface area (Å²) in [7, 11) is 3.69. The highest BCUT2D eigenvalue weighted by atomic mass is 35.5. The molecule has 2 saturated carbocycles. The third kappa shape index (κ3) is 9.23. The minimum Gasteiger partial charge on any atom is -0.354 e. The Balaban J connectivity index is 0.00000484. The molecule has 0 unspecified atom stereocenters. The van der Waals surface area contributed by atoms with E-state index in [1.807, 2.05) is 43.3 Å². The summed E-state index contributed by atoms with van der Waals surface area (Å²) < 4.78 is 0. The van der Waals surface area contributed by atoms with Crippen LogP contribution in [0.25, 0.3) is 0 Å². The molecule has 1 aromatic rings. The van der Waals surface area contributed by atoms with E-state index in [0.29, 0.717) is 30.6 Å². The second-order valence-corrected chi connectivity index (χ2v) is 13.2. The van der Waals surface area contributed by atoms with Crippen molar-refractivity contribution in [2.75, 3.05) is 27.2 Å². The summed E-state index contributed by atoms with van der Waals surface area (Å²) in [6, 6.07) is 8.42. The summed E-state index contributed by atoms with van der Waals surface area (Å²) in [6.07, 6.45) is 10.8. The van der Waals surface area contributed by atoms with Crippen LogP contribution in [0, 0.1) is 5.92 Å². The molecule has 0 radical (unpaired) electrons.